The van der Waals surface area contributed by atoms with E-state index in [9.17, 15) is 22.4 Å². The second-order valence-electron chi connectivity index (χ2n) is 9.94. The molecule has 0 aromatic heterocycles. The minimum atomic E-state index is -4.32. The van der Waals surface area contributed by atoms with Gasteiger partial charge in [-0.2, -0.15) is 0 Å². The molecule has 1 saturated carbocycles. The van der Waals surface area contributed by atoms with E-state index in [4.69, 9.17) is 11.6 Å². The summed E-state index contributed by atoms with van der Waals surface area (Å²) in [4.78, 5) is 28.5. The van der Waals surface area contributed by atoms with Crippen molar-refractivity contribution in [1.82, 2.24) is 10.2 Å². The molecule has 3 aromatic rings. The number of para-hydroxylation sites is 1. The molecule has 0 bridgehead atoms. The Morgan fingerprint density at radius 2 is 1.57 bits per heavy atom. The average Bonchev–Trinajstić information content (AvgIpc) is 2.96. The molecule has 0 saturated heterocycles. The van der Waals surface area contributed by atoms with Crippen molar-refractivity contribution in [2.24, 2.45) is 0 Å². The van der Waals surface area contributed by atoms with Gasteiger partial charge >= 0.3 is 0 Å². The molecule has 0 radical (unpaired) electrons. The Kier molecular flexibility index (Phi) is 9.81. The fourth-order valence-electron chi connectivity index (χ4n) is 4.82. The van der Waals surface area contributed by atoms with Gasteiger partial charge in [0.25, 0.3) is 10.0 Å². The zero-order valence-corrected chi connectivity index (χ0v) is 23.9. The molecule has 1 unspecified atom stereocenters. The van der Waals surface area contributed by atoms with Gasteiger partial charge in [-0.25, -0.2) is 12.8 Å². The number of anilines is 1. The maximum atomic E-state index is 15.0. The Morgan fingerprint density at radius 1 is 0.950 bits per heavy atom. The predicted octanol–water partition coefficient (Wildman–Crippen LogP) is 5.54. The number of amides is 2. The minimum absolute atomic E-state index is 0.0320. The van der Waals surface area contributed by atoms with Gasteiger partial charge in [0.05, 0.1) is 10.6 Å². The first kappa shape index (κ1) is 29.6. The van der Waals surface area contributed by atoms with Crippen molar-refractivity contribution in [3.63, 3.8) is 0 Å². The number of hydrogen-bond acceptors (Lipinski definition) is 4. The van der Waals surface area contributed by atoms with E-state index in [1.165, 1.54) is 35.2 Å². The van der Waals surface area contributed by atoms with Crippen molar-refractivity contribution in [3.8, 4) is 0 Å². The van der Waals surface area contributed by atoms with Crippen LogP contribution in [0.2, 0.25) is 5.02 Å². The van der Waals surface area contributed by atoms with Gasteiger partial charge in [-0.05, 0) is 61.7 Å². The van der Waals surface area contributed by atoms with E-state index in [2.05, 4.69) is 5.32 Å². The lowest BCUT2D eigenvalue weighted by molar-refractivity contribution is -0.139. The lowest BCUT2D eigenvalue weighted by atomic mass is 9.95. The SMILES string of the molecule is CC(C(=O)NC1CCCCC1)N(Cc1ccc(Cl)cc1)C(=O)CN(c1ccccc1F)S(=O)(=O)c1ccccc1. The predicted molar refractivity (Wildman–Crippen MR) is 154 cm³/mol. The molecule has 212 valence electrons. The Morgan fingerprint density at radius 3 is 2.23 bits per heavy atom. The van der Waals surface area contributed by atoms with Crippen molar-refractivity contribution in [1.29, 1.82) is 0 Å². The minimum Gasteiger partial charge on any atom is -0.352 e. The number of nitrogens with one attached hydrogen (secondary N) is 1. The molecule has 4 rings (SSSR count). The average molecular weight is 586 g/mol. The fourth-order valence-corrected chi connectivity index (χ4v) is 6.39. The van der Waals surface area contributed by atoms with Crippen molar-refractivity contribution < 1.29 is 22.4 Å². The number of nitrogens with zero attached hydrogens (tertiary/aromatic N) is 2. The number of sulfonamides is 1. The number of benzene rings is 3. The van der Waals surface area contributed by atoms with E-state index in [0.29, 0.717) is 10.6 Å². The third kappa shape index (κ3) is 7.20. The van der Waals surface area contributed by atoms with Gasteiger partial charge < -0.3 is 10.2 Å². The summed E-state index contributed by atoms with van der Waals surface area (Å²) in [5.41, 5.74) is 0.448. The van der Waals surface area contributed by atoms with Crippen LogP contribution >= 0.6 is 11.6 Å². The van der Waals surface area contributed by atoms with Crippen LogP contribution in [0.15, 0.2) is 83.8 Å². The van der Waals surface area contributed by atoms with E-state index in [1.54, 1.807) is 49.4 Å². The summed E-state index contributed by atoms with van der Waals surface area (Å²) in [5, 5.41) is 3.57. The quantitative estimate of drug-likeness (QED) is 0.338. The summed E-state index contributed by atoms with van der Waals surface area (Å²) < 4.78 is 43.1. The van der Waals surface area contributed by atoms with E-state index in [-0.39, 0.29) is 29.1 Å². The van der Waals surface area contributed by atoms with Crippen LogP contribution in [-0.2, 0) is 26.2 Å². The van der Waals surface area contributed by atoms with Crippen molar-refractivity contribution in [2.75, 3.05) is 10.8 Å². The molecule has 1 aliphatic rings. The zero-order valence-electron chi connectivity index (χ0n) is 22.3. The lowest BCUT2D eigenvalue weighted by Gasteiger charge is -2.33. The molecule has 1 fully saturated rings. The van der Waals surface area contributed by atoms with E-state index >= 15 is 0 Å². The Labute approximate surface area is 240 Å². The van der Waals surface area contributed by atoms with Gasteiger partial charge in [-0.3, -0.25) is 13.9 Å². The molecule has 7 nitrogen and oxygen atoms in total. The highest BCUT2D eigenvalue weighted by Crippen LogP contribution is 2.27. The molecule has 0 heterocycles. The van der Waals surface area contributed by atoms with Crippen molar-refractivity contribution in [3.05, 3.63) is 95.3 Å². The van der Waals surface area contributed by atoms with E-state index in [1.807, 2.05) is 0 Å². The highest BCUT2D eigenvalue weighted by atomic mass is 35.5. The zero-order chi connectivity index (χ0) is 28.7. The van der Waals surface area contributed by atoms with Crippen LogP contribution in [0.3, 0.4) is 0 Å². The van der Waals surface area contributed by atoms with Gasteiger partial charge in [-0.1, -0.05) is 73.3 Å². The number of halogens is 2. The topological polar surface area (TPSA) is 86.8 Å². The highest BCUT2D eigenvalue weighted by Gasteiger charge is 2.34. The largest absolute Gasteiger partial charge is 0.352 e. The van der Waals surface area contributed by atoms with Crippen LogP contribution in [0.5, 0.6) is 0 Å². The standard InChI is InChI=1S/C30H33ClFN3O4S/c1-22(30(37)33-25-10-4-2-5-11-25)34(20-23-16-18-24(31)19-17-23)29(36)21-35(28-15-9-8-14-27(28)32)40(38,39)26-12-6-3-7-13-26/h3,6-9,12-19,22,25H,2,4-5,10-11,20-21H2,1H3,(H,33,37). The van der Waals surface area contributed by atoms with E-state index in [0.717, 1.165) is 42.5 Å². The number of carbonyl (C=O) groups is 2. The molecular formula is C30H33ClFN3O4S. The lowest BCUT2D eigenvalue weighted by Crippen LogP contribution is -2.53. The van der Waals surface area contributed by atoms with Crippen LogP contribution in [0.25, 0.3) is 0 Å². The van der Waals surface area contributed by atoms with Crippen molar-refractivity contribution in [2.45, 2.75) is 62.6 Å². The summed E-state index contributed by atoms with van der Waals surface area (Å²) in [5.74, 6) is -1.76. The summed E-state index contributed by atoms with van der Waals surface area (Å²) in [6.45, 7) is 0.948. The molecule has 3 aromatic carbocycles. The molecule has 0 spiro atoms. The highest BCUT2D eigenvalue weighted by molar-refractivity contribution is 7.92. The molecule has 1 N–H and O–H groups in total. The van der Waals surface area contributed by atoms with Gasteiger partial charge in [0.1, 0.15) is 18.4 Å². The van der Waals surface area contributed by atoms with Gasteiger partial charge in [0, 0.05) is 17.6 Å². The van der Waals surface area contributed by atoms with E-state index < -0.39 is 34.3 Å². The Balaban J connectivity index is 1.67. The van der Waals surface area contributed by atoms with Crippen LogP contribution in [0.4, 0.5) is 10.1 Å². The normalized spacial score (nSPS) is 14.8. The Bertz CT molecular complexity index is 1410. The molecule has 2 amide bonds. The van der Waals surface area contributed by atoms with Crippen LogP contribution in [0.1, 0.15) is 44.6 Å². The third-order valence-corrected chi connectivity index (χ3v) is 9.14. The second kappa shape index (κ2) is 13.3. The summed E-state index contributed by atoms with van der Waals surface area (Å²) >= 11 is 6.04. The van der Waals surface area contributed by atoms with Crippen LogP contribution in [0, 0.1) is 5.82 Å². The number of hydrogen-bond donors (Lipinski definition) is 1. The molecule has 40 heavy (non-hydrogen) atoms. The fraction of sp³-hybridized carbons (Fsp3) is 0.333. The summed E-state index contributed by atoms with van der Waals surface area (Å²) in [6.07, 6.45) is 4.94. The van der Waals surface area contributed by atoms with Gasteiger partial charge in [0.15, 0.2) is 0 Å². The molecule has 10 heteroatoms. The molecular weight excluding hydrogens is 553 g/mol. The maximum absolute atomic E-state index is 15.0. The number of rotatable bonds is 10. The first-order chi connectivity index (χ1) is 19.2. The summed E-state index contributed by atoms with van der Waals surface area (Å²) in [7, 11) is -4.32. The first-order valence-electron chi connectivity index (χ1n) is 13.3. The summed E-state index contributed by atoms with van der Waals surface area (Å²) in [6, 6.07) is 18.9. The second-order valence-corrected chi connectivity index (χ2v) is 12.2. The third-order valence-electron chi connectivity index (χ3n) is 7.12. The Hall–Kier alpha value is -3.43. The maximum Gasteiger partial charge on any atom is 0.264 e. The van der Waals surface area contributed by atoms with Gasteiger partial charge in [-0.15, -0.1) is 0 Å². The molecule has 1 aliphatic carbocycles. The smallest absolute Gasteiger partial charge is 0.264 e. The van der Waals surface area contributed by atoms with Gasteiger partial charge in [0.2, 0.25) is 11.8 Å². The number of carbonyl (C=O) groups excluding carboxylic acids is 2. The molecule has 1 atom stereocenters. The van der Waals surface area contributed by atoms with Crippen LogP contribution < -0.4 is 9.62 Å². The first-order valence-corrected chi connectivity index (χ1v) is 15.1. The van der Waals surface area contributed by atoms with Crippen molar-refractivity contribution >= 4 is 39.1 Å². The van der Waals surface area contributed by atoms with Crippen LogP contribution in [-0.4, -0.2) is 43.8 Å². The molecule has 0 aliphatic heterocycles. The monoisotopic (exact) mass is 585 g/mol.